The molecule has 2 aromatic rings. The molecule has 33 heavy (non-hydrogen) atoms. The largest absolute Gasteiger partial charge is 0.497 e. The molecule has 4 amide bonds. The minimum Gasteiger partial charge on any atom is -0.497 e. The minimum atomic E-state index is -0.535. The van der Waals surface area contributed by atoms with E-state index in [4.69, 9.17) is 14.0 Å². The Morgan fingerprint density at radius 2 is 2.00 bits per heavy atom. The fourth-order valence-electron chi connectivity index (χ4n) is 4.49. The van der Waals surface area contributed by atoms with Crippen LogP contribution in [0.4, 0.5) is 10.5 Å². The second kappa shape index (κ2) is 9.47. The second-order valence-corrected chi connectivity index (χ2v) is 8.14. The predicted octanol–water partition coefficient (Wildman–Crippen LogP) is 2.36. The number of hydrogen-bond acceptors (Lipinski definition) is 8. The fourth-order valence-corrected chi connectivity index (χ4v) is 4.49. The average Bonchev–Trinajstić information content (AvgIpc) is 3.24. The van der Waals surface area contributed by atoms with Gasteiger partial charge in [0.1, 0.15) is 24.6 Å². The van der Waals surface area contributed by atoms with Gasteiger partial charge in [0.15, 0.2) is 5.82 Å². The molecule has 176 valence electrons. The molecule has 11 heteroatoms. The fraction of sp³-hybridized carbons (Fsp3) is 0.500. The van der Waals surface area contributed by atoms with Crippen LogP contribution in [0.5, 0.6) is 11.5 Å². The molecule has 1 aliphatic heterocycles. The number of hydrogen-bond donors (Lipinski definition) is 1. The lowest BCUT2D eigenvalue weighted by Gasteiger charge is -2.46. The number of carbonyl (C=O) groups excluding carboxylic acids is 3. The lowest BCUT2D eigenvalue weighted by molar-refractivity contribution is -0.142. The van der Waals surface area contributed by atoms with Crippen LogP contribution in [0.15, 0.2) is 22.7 Å². The Hall–Kier alpha value is -3.63. The number of amides is 4. The zero-order chi connectivity index (χ0) is 23.5. The predicted molar refractivity (Wildman–Crippen MR) is 116 cm³/mol. The summed E-state index contributed by atoms with van der Waals surface area (Å²) in [4.78, 5) is 46.1. The molecule has 1 saturated carbocycles. The number of aromatic nitrogens is 2. The summed E-state index contributed by atoms with van der Waals surface area (Å²) in [6.07, 6.45) is 3.13. The van der Waals surface area contributed by atoms with E-state index in [0.717, 1.165) is 17.7 Å². The summed E-state index contributed by atoms with van der Waals surface area (Å²) in [6, 6.07) is 4.19. The van der Waals surface area contributed by atoms with Gasteiger partial charge in [0.05, 0.1) is 25.8 Å². The normalized spacial score (nSPS) is 20.5. The van der Waals surface area contributed by atoms with Gasteiger partial charge in [-0.15, -0.1) is 0 Å². The average molecular weight is 457 g/mol. The molecule has 1 aromatic heterocycles. The summed E-state index contributed by atoms with van der Waals surface area (Å²) in [5, 5.41) is 6.52. The highest BCUT2D eigenvalue weighted by molar-refractivity contribution is 6.01. The van der Waals surface area contributed by atoms with Gasteiger partial charge < -0.3 is 24.2 Å². The maximum Gasteiger partial charge on any atom is 0.327 e. The lowest BCUT2D eigenvalue weighted by Crippen LogP contribution is -2.63. The molecule has 2 atom stereocenters. The van der Waals surface area contributed by atoms with Crippen LogP contribution in [-0.2, 0) is 16.1 Å². The van der Waals surface area contributed by atoms with Gasteiger partial charge in [0.25, 0.3) is 0 Å². The number of fused-ring (bicyclic) bond motifs is 1. The van der Waals surface area contributed by atoms with Crippen molar-refractivity contribution in [3.63, 3.8) is 0 Å². The van der Waals surface area contributed by atoms with E-state index in [2.05, 4.69) is 15.5 Å². The molecule has 2 unspecified atom stereocenters. The van der Waals surface area contributed by atoms with Crippen LogP contribution in [0.3, 0.4) is 0 Å². The second-order valence-electron chi connectivity index (χ2n) is 8.14. The molecule has 1 saturated heterocycles. The third-order valence-corrected chi connectivity index (χ3v) is 6.05. The third-order valence-electron chi connectivity index (χ3n) is 6.05. The van der Waals surface area contributed by atoms with Crippen molar-refractivity contribution in [2.75, 3.05) is 26.1 Å². The monoisotopic (exact) mass is 457 g/mol. The van der Waals surface area contributed by atoms with E-state index >= 15 is 0 Å². The van der Waals surface area contributed by atoms with Crippen LogP contribution in [-0.4, -0.2) is 64.6 Å². The number of urea groups is 1. The summed E-state index contributed by atoms with van der Waals surface area (Å²) in [5.74, 6) is 0.593. The summed E-state index contributed by atoms with van der Waals surface area (Å²) in [6.45, 7) is 1.34. The van der Waals surface area contributed by atoms with Crippen LogP contribution in [0.25, 0.3) is 0 Å². The molecule has 1 aliphatic carbocycles. The third kappa shape index (κ3) is 4.62. The van der Waals surface area contributed by atoms with Crippen molar-refractivity contribution in [3.8, 4) is 11.5 Å². The highest BCUT2D eigenvalue weighted by Crippen LogP contribution is 2.35. The van der Waals surface area contributed by atoms with Gasteiger partial charge in [0.2, 0.25) is 17.7 Å². The number of imide groups is 1. The SMILES string of the molecule is COc1ccc(OC)c(NC(=O)CN2C(=O)N(Cc3nc(C)no3)C(=O)C3CCCCC32)c1. The number of aryl methyl sites for hydroxylation is 1. The van der Waals surface area contributed by atoms with E-state index in [1.807, 2.05) is 0 Å². The molecular formula is C22H27N5O6. The summed E-state index contributed by atoms with van der Waals surface area (Å²) in [7, 11) is 3.03. The van der Waals surface area contributed by atoms with Crippen molar-refractivity contribution in [2.24, 2.45) is 5.92 Å². The summed E-state index contributed by atoms with van der Waals surface area (Å²) in [5.41, 5.74) is 0.431. The van der Waals surface area contributed by atoms with E-state index < -0.39 is 11.9 Å². The van der Waals surface area contributed by atoms with Gasteiger partial charge >= 0.3 is 6.03 Å². The highest BCUT2D eigenvalue weighted by Gasteiger charge is 2.47. The number of nitrogens with zero attached hydrogens (tertiary/aromatic N) is 4. The number of methoxy groups -OCH3 is 2. The maximum absolute atomic E-state index is 13.3. The van der Waals surface area contributed by atoms with Crippen LogP contribution in [0.2, 0.25) is 0 Å². The van der Waals surface area contributed by atoms with E-state index in [0.29, 0.717) is 35.9 Å². The van der Waals surface area contributed by atoms with Gasteiger partial charge in [-0.3, -0.25) is 14.5 Å². The Labute approximate surface area is 191 Å². The van der Waals surface area contributed by atoms with Crippen molar-refractivity contribution in [2.45, 2.75) is 45.2 Å². The molecule has 0 radical (unpaired) electrons. The zero-order valence-corrected chi connectivity index (χ0v) is 18.9. The first kappa shape index (κ1) is 22.6. The molecule has 2 heterocycles. The minimum absolute atomic E-state index is 0.121. The van der Waals surface area contributed by atoms with Crippen LogP contribution < -0.4 is 14.8 Å². The molecule has 0 bridgehead atoms. The molecule has 2 aliphatic rings. The number of anilines is 1. The first-order valence-electron chi connectivity index (χ1n) is 10.8. The van der Waals surface area contributed by atoms with Crippen molar-refractivity contribution in [1.29, 1.82) is 0 Å². The first-order chi connectivity index (χ1) is 15.9. The Kier molecular flexibility index (Phi) is 6.47. The van der Waals surface area contributed by atoms with Gasteiger partial charge in [0, 0.05) is 12.1 Å². The Morgan fingerprint density at radius 1 is 1.21 bits per heavy atom. The number of benzene rings is 1. The molecule has 11 nitrogen and oxygen atoms in total. The number of rotatable bonds is 7. The number of nitrogens with one attached hydrogen (secondary N) is 1. The van der Waals surface area contributed by atoms with Crippen LogP contribution in [0.1, 0.15) is 37.4 Å². The molecule has 1 aromatic carbocycles. The van der Waals surface area contributed by atoms with Gasteiger partial charge in [-0.05, 0) is 31.9 Å². The van der Waals surface area contributed by atoms with Crippen molar-refractivity contribution in [3.05, 3.63) is 29.9 Å². The first-order valence-corrected chi connectivity index (χ1v) is 10.8. The molecular weight excluding hydrogens is 430 g/mol. The Bertz CT molecular complexity index is 1050. The van der Waals surface area contributed by atoms with Crippen molar-refractivity contribution < 1.29 is 28.4 Å². The highest BCUT2D eigenvalue weighted by atomic mass is 16.5. The standard InChI is InChI=1S/C22H27N5O6/c1-13-23-20(33-25-13)12-27-21(29)15-6-4-5-7-17(15)26(22(27)30)11-19(28)24-16-10-14(31-2)8-9-18(16)32-3/h8-10,15,17H,4-7,11-12H2,1-3H3,(H,24,28). The smallest absolute Gasteiger partial charge is 0.327 e. The van der Waals surface area contributed by atoms with Gasteiger partial charge in [-0.25, -0.2) is 4.79 Å². The number of carbonyl (C=O) groups is 3. The van der Waals surface area contributed by atoms with Crippen molar-refractivity contribution >= 4 is 23.5 Å². The zero-order valence-electron chi connectivity index (χ0n) is 18.9. The quantitative estimate of drug-likeness (QED) is 0.671. The van der Waals surface area contributed by atoms with Crippen LogP contribution >= 0.6 is 0 Å². The Morgan fingerprint density at radius 3 is 2.70 bits per heavy atom. The van der Waals surface area contributed by atoms with E-state index in [1.165, 1.54) is 19.1 Å². The van der Waals surface area contributed by atoms with Gasteiger partial charge in [-0.2, -0.15) is 4.98 Å². The van der Waals surface area contributed by atoms with Crippen LogP contribution in [0, 0.1) is 12.8 Å². The molecule has 4 rings (SSSR count). The summed E-state index contributed by atoms with van der Waals surface area (Å²) < 4.78 is 15.6. The van der Waals surface area contributed by atoms with E-state index in [9.17, 15) is 14.4 Å². The topological polar surface area (TPSA) is 127 Å². The van der Waals surface area contributed by atoms with Gasteiger partial charge in [-0.1, -0.05) is 18.0 Å². The molecule has 2 fully saturated rings. The van der Waals surface area contributed by atoms with E-state index in [1.54, 1.807) is 25.1 Å². The number of ether oxygens (including phenoxy) is 2. The molecule has 1 N–H and O–H groups in total. The maximum atomic E-state index is 13.3. The molecule has 0 spiro atoms. The Balaban J connectivity index is 1.55. The van der Waals surface area contributed by atoms with Crippen molar-refractivity contribution in [1.82, 2.24) is 19.9 Å². The van der Waals surface area contributed by atoms with E-state index in [-0.39, 0.29) is 36.8 Å². The lowest BCUT2D eigenvalue weighted by atomic mass is 9.81. The summed E-state index contributed by atoms with van der Waals surface area (Å²) >= 11 is 0.